The Balaban J connectivity index is 1.93. The second kappa shape index (κ2) is 6.95. The fourth-order valence-electron chi connectivity index (χ4n) is 1.77. The van der Waals surface area contributed by atoms with Gasteiger partial charge in [-0.25, -0.2) is 0 Å². The van der Waals surface area contributed by atoms with Crippen LogP contribution in [0.5, 0.6) is 0 Å². The molecule has 2 aromatic rings. The summed E-state index contributed by atoms with van der Waals surface area (Å²) in [6, 6.07) is 14.3. The molecule has 0 radical (unpaired) electrons. The Hall–Kier alpha value is -2.27. The van der Waals surface area contributed by atoms with Crippen molar-refractivity contribution in [3.8, 4) is 0 Å². The summed E-state index contributed by atoms with van der Waals surface area (Å²) < 4.78 is 0. The molecule has 0 aliphatic heterocycles. The Morgan fingerprint density at radius 3 is 2.62 bits per heavy atom. The minimum absolute atomic E-state index is 0.0276. The van der Waals surface area contributed by atoms with Crippen molar-refractivity contribution in [2.75, 3.05) is 16.8 Å². The number of nitrogen functional groups attached to an aromatic ring is 1. The molecule has 0 spiro atoms. The van der Waals surface area contributed by atoms with Crippen LogP contribution in [0.1, 0.15) is 17.3 Å². The van der Waals surface area contributed by atoms with Gasteiger partial charge in [0.1, 0.15) is 0 Å². The molecule has 0 aliphatic carbocycles. The van der Waals surface area contributed by atoms with Crippen molar-refractivity contribution in [3.63, 3.8) is 0 Å². The Labute approximate surface area is 127 Å². The number of carbonyl (C=O) groups excluding carboxylic acids is 2. The lowest BCUT2D eigenvalue weighted by Crippen LogP contribution is -2.14. The molecular weight excluding hydrogens is 284 g/mol. The van der Waals surface area contributed by atoms with Crippen molar-refractivity contribution in [1.29, 1.82) is 0 Å². The van der Waals surface area contributed by atoms with Crippen molar-refractivity contribution in [2.45, 2.75) is 11.8 Å². The highest BCUT2D eigenvalue weighted by atomic mass is 32.2. The molecule has 108 valence electrons. The molecule has 2 aromatic carbocycles. The van der Waals surface area contributed by atoms with Gasteiger partial charge in [-0.05, 0) is 37.3 Å². The standard InChI is InChI=1S/C16H16N2O2S/c1-11(19)12-4-2-6-14(8-12)18-16(20)10-21-15-7-3-5-13(17)9-15/h2-9H,10,17H2,1H3,(H,18,20). The first-order valence-electron chi connectivity index (χ1n) is 6.44. The van der Waals surface area contributed by atoms with Crippen LogP contribution < -0.4 is 11.1 Å². The predicted octanol–water partition coefficient (Wildman–Crippen LogP) is 3.20. The van der Waals surface area contributed by atoms with E-state index in [1.54, 1.807) is 30.3 Å². The van der Waals surface area contributed by atoms with Gasteiger partial charge in [0, 0.05) is 21.8 Å². The Morgan fingerprint density at radius 1 is 1.14 bits per heavy atom. The number of rotatable bonds is 5. The average molecular weight is 300 g/mol. The molecular formula is C16H16N2O2S. The van der Waals surface area contributed by atoms with Crippen LogP contribution in [-0.4, -0.2) is 17.4 Å². The normalized spacial score (nSPS) is 10.1. The van der Waals surface area contributed by atoms with Crippen LogP contribution in [0.25, 0.3) is 0 Å². The summed E-state index contributed by atoms with van der Waals surface area (Å²) in [5.74, 6) is 0.136. The first-order chi connectivity index (χ1) is 10.0. The zero-order valence-corrected chi connectivity index (χ0v) is 12.4. The van der Waals surface area contributed by atoms with Gasteiger partial charge in [-0.1, -0.05) is 18.2 Å². The van der Waals surface area contributed by atoms with E-state index in [-0.39, 0.29) is 17.4 Å². The van der Waals surface area contributed by atoms with Crippen LogP contribution in [0.15, 0.2) is 53.4 Å². The maximum Gasteiger partial charge on any atom is 0.234 e. The fraction of sp³-hybridized carbons (Fsp3) is 0.125. The highest BCUT2D eigenvalue weighted by Gasteiger charge is 2.06. The van der Waals surface area contributed by atoms with Gasteiger partial charge < -0.3 is 11.1 Å². The van der Waals surface area contributed by atoms with Crippen molar-refractivity contribution >= 4 is 34.8 Å². The second-order valence-corrected chi connectivity index (χ2v) is 5.60. The molecule has 2 rings (SSSR count). The van der Waals surface area contributed by atoms with E-state index in [1.165, 1.54) is 18.7 Å². The van der Waals surface area contributed by atoms with Gasteiger partial charge in [0.25, 0.3) is 0 Å². The minimum atomic E-state index is -0.122. The summed E-state index contributed by atoms with van der Waals surface area (Å²) in [4.78, 5) is 24.1. The van der Waals surface area contributed by atoms with Gasteiger partial charge in [0.2, 0.25) is 5.91 Å². The zero-order valence-electron chi connectivity index (χ0n) is 11.6. The van der Waals surface area contributed by atoms with E-state index in [4.69, 9.17) is 5.73 Å². The first kappa shape index (κ1) is 15.1. The van der Waals surface area contributed by atoms with Gasteiger partial charge in [0.05, 0.1) is 5.75 Å². The summed E-state index contributed by atoms with van der Waals surface area (Å²) in [5.41, 5.74) is 7.57. The van der Waals surface area contributed by atoms with Crippen LogP contribution in [-0.2, 0) is 4.79 Å². The van der Waals surface area contributed by atoms with E-state index in [0.717, 1.165) is 4.90 Å². The predicted molar refractivity (Wildman–Crippen MR) is 86.7 cm³/mol. The molecule has 0 unspecified atom stereocenters. The van der Waals surface area contributed by atoms with Gasteiger partial charge in [-0.2, -0.15) is 0 Å². The highest BCUT2D eigenvalue weighted by Crippen LogP contribution is 2.20. The lowest BCUT2D eigenvalue weighted by atomic mass is 10.1. The zero-order chi connectivity index (χ0) is 15.2. The summed E-state index contributed by atoms with van der Waals surface area (Å²) >= 11 is 1.41. The first-order valence-corrected chi connectivity index (χ1v) is 7.42. The number of anilines is 2. The molecule has 0 aliphatic rings. The van der Waals surface area contributed by atoms with Gasteiger partial charge in [-0.15, -0.1) is 11.8 Å². The van der Waals surface area contributed by atoms with Crippen LogP contribution >= 0.6 is 11.8 Å². The quantitative estimate of drug-likeness (QED) is 0.505. The molecule has 0 aromatic heterocycles. The van der Waals surface area contributed by atoms with Crippen LogP contribution in [0.2, 0.25) is 0 Å². The average Bonchev–Trinajstić information content (AvgIpc) is 2.45. The van der Waals surface area contributed by atoms with Crippen molar-refractivity contribution in [3.05, 3.63) is 54.1 Å². The highest BCUT2D eigenvalue weighted by molar-refractivity contribution is 8.00. The van der Waals surface area contributed by atoms with E-state index in [2.05, 4.69) is 5.32 Å². The molecule has 0 heterocycles. The largest absolute Gasteiger partial charge is 0.399 e. The molecule has 0 atom stereocenters. The summed E-state index contributed by atoms with van der Waals surface area (Å²) in [5, 5.41) is 2.78. The maximum atomic E-state index is 11.9. The van der Waals surface area contributed by atoms with E-state index < -0.39 is 0 Å². The number of ketones is 1. The van der Waals surface area contributed by atoms with E-state index in [1.807, 2.05) is 18.2 Å². The summed E-state index contributed by atoms with van der Waals surface area (Å²) in [6.07, 6.45) is 0. The number of hydrogen-bond acceptors (Lipinski definition) is 4. The number of hydrogen-bond donors (Lipinski definition) is 2. The van der Waals surface area contributed by atoms with Crippen LogP contribution in [0.4, 0.5) is 11.4 Å². The number of nitrogens with one attached hydrogen (secondary N) is 1. The molecule has 21 heavy (non-hydrogen) atoms. The SMILES string of the molecule is CC(=O)c1cccc(NC(=O)CSc2cccc(N)c2)c1. The topological polar surface area (TPSA) is 72.2 Å². The third kappa shape index (κ3) is 4.65. The van der Waals surface area contributed by atoms with Gasteiger partial charge >= 0.3 is 0 Å². The number of amides is 1. The third-order valence-electron chi connectivity index (χ3n) is 2.78. The molecule has 3 N–H and O–H groups in total. The maximum absolute atomic E-state index is 11.9. The number of nitrogens with two attached hydrogens (primary N) is 1. The molecule has 0 saturated heterocycles. The van der Waals surface area contributed by atoms with Crippen molar-refractivity contribution < 1.29 is 9.59 Å². The van der Waals surface area contributed by atoms with E-state index in [9.17, 15) is 9.59 Å². The van der Waals surface area contributed by atoms with Gasteiger partial charge in [0.15, 0.2) is 5.78 Å². The lowest BCUT2D eigenvalue weighted by molar-refractivity contribution is -0.113. The number of thioether (sulfide) groups is 1. The Morgan fingerprint density at radius 2 is 1.90 bits per heavy atom. The number of Topliss-reactive ketones (excluding diaryl/α,β-unsaturated/α-hetero) is 1. The smallest absolute Gasteiger partial charge is 0.234 e. The van der Waals surface area contributed by atoms with E-state index >= 15 is 0 Å². The number of benzene rings is 2. The van der Waals surface area contributed by atoms with E-state index in [0.29, 0.717) is 16.9 Å². The van der Waals surface area contributed by atoms with Crippen LogP contribution in [0.3, 0.4) is 0 Å². The minimum Gasteiger partial charge on any atom is -0.399 e. The Bertz CT molecular complexity index is 671. The molecule has 0 bridgehead atoms. The lowest BCUT2D eigenvalue weighted by Gasteiger charge is -2.06. The summed E-state index contributed by atoms with van der Waals surface area (Å²) in [6.45, 7) is 1.50. The van der Waals surface area contributed by atoms with Crippen molar-refractivity contribution in [1.82, 2.24) is 0 Å². The molecule has 5 heteroatoms. The fourth-order valence-corrected chi connectivity index (χ4v) is 2.53. The second-order valence-electron chi connectivity index (χ2n) is 4.55. The number of carbonyl (C=O) groups is 2. The van der Waals surface area contributed by atoms with Gasteiger partial charge in [-0.3, -0.25) is 9.59 Å². The molecule has 0 fully saturated rings. The molecule has 4 nitrogen and oxygen atoms in total. The van der Waals surface area contributed by atoms with Crippen LogP contribution in [0, 0.1) is 0 Å². The molecule has 1 amide bonds. The molecule has 0 saturated carbocycles. The Kier molecular flexibility index (Phi) is 5.00. The van der Waals surface area contributed by atoms with Crippen molar-refractivity contribution in [2.24, 2.45) is 0 Å². The third-order valence-corrected chi connectivity index (χ3v) is 3.77. The summed E-state index contributed by atoms with van der Waals surface area (Å²) in [7, 11) is 0. The monoisotopic (exact) mass is 300 g/mol.